The molecule has 2 aromatic heterocycles. The van der Waals surface area contributed by atoms with Crippen LogP contribution < -0.4 is 10.2 Å². The van der Waals surface area contributed by atoms with Gasteiger partial charge in [-0.1, -0.05) is 6.07 Å². The smallest absolute Gasteiger partial charge is 0.269 e. The lowest BCUT2D eigenvalue weighted by Crippen LogP contribution is -2.48. The summed E-state index contributed by atoms with van der Waals surface area (Å²) < 4.78 is 1.60. The first kappa shape index (κ1) is 14.6. The molecule has 0 aromatic carbocycles. The van der Waals surface area contributed by atoms with Crippen LogP contribution in [0.5, 0.6) is 0 Å². The van der Waals surface area contributed by atoms with Crippen molar-refractivity contribution in [1.29, 1.82) is 0 Å². The van der Waals surface area contributed by atoms with Gasteiger partial charge >= 0.3 is 0 Å². The lowest BCUT2D eigenvalue weighted by molar-refractivity contribution is 0.0923. The van der Waals surface area contributed by atoms with E-state index in [0.717, 1.165) is 37.4 Å². The van der Waals surface area contributed by atoms with Gasteiger partial charge in [0.15, 0.2) is 0 Å². The van der Waals surface area contributed by atoms with Crippen LogP contribution in [0.1, 0.15) is 29.0 Å². The number of piperidine rings is 1. The standard InChI is InChI=1S/C16H21N5O/c1-12-5-3-7-15(18-12)21-10-4-6-13(11-21)19-16(22)14-8-9-17-20(14)2/h3,5,7-9,13H,4,6,10-11H2,1-2H3,(H,19,22)/t13-/m1/s1. The van der Waals surface area contributed by atoms with Crippen molar-refractivity contribution in [2.45, 2.75) is 25.8 Å². The highest BCUT2D eigenvalue weighted by Gasteiger charge is 2.23. The first-order valence-electron chi connectivity index (χ1n) is 7.61. The van der Waals surface area contributed by atoms with Gasteiger partial charge in [0.05, 0.1) is 0 Å². The van der Waals surface area contributed by atoms with Crippen LogP contribution in [-0.2, 0) is 7.05 Å². The van der Waals surface area contributed by atoms with Crippen LogP contribution in [0.3, 0.4) is 0 Å². The van der Waals surface area contributed by atoms with Gasteiger partial charge in [0.1, 0.15) is 11.5 Å². The topological polar surface area (TPSA) is 63.1 Å². The minimum absolute atomic E-state index is 0.0657. The van der Waals surface area contributed by atoms with Crippen molar-refractivity contribution in [3.63, 3.8) is 0 Å². The van der Waals surface area contributed by atoms with Gasteiger partial charge in [-0.3, -0.25) is 9.48 Å². The van der Waals surface area contributed by atoms with Gasteiger partial charge in [0.2, 0.25) is 0 Å². The SMILES string of the molecule is Cc1cccc(N2CCC[C@@H](NC(=O)c3ccnn3C)C2)n1. The number of nitrogens with zero attached hydrogens (tertiary/aromatic N) is 4. The Kier molecular flexibility index (Phi) is 4.09. The molecular formula is C16H21N5O. The van der Waals surface area contributed by atoms with E-state index >= 15 is 0 Å². The fourth-order valence-electron chi connectivity index (χ4n) is 2.86. The minimum Gasteiger partial charge on any atom is -0.355 e. The molecule has 0 radical (unpaired) electrons. The number of carbonyl (C=O) groups excluding carboxylic acids is 1. The maximum atomic E-state index is 12.3. The highest BCUT2D eigenvalue weighted by molar-refractivity contribution is 5.92. The summed E-state index contributed by atoms with van der Waals surface area (Å²) in [6.07, 6.45) is 3.68. The van der Waals surface area contributed by atoms with Crippen molar-refractivity contribution >= 4 is 11.7 Å². The number of aromatic nitrogens is 3. The number of hydrogen-bond donors (Lipinski definition) is 1. The van der Waals surface area contributed by atoms with Crippen molar-refractivity contribution < 1.29 is 4.79 Å². The van der Waals surface area contributed by atoms with Gasteiger partial charge in [-0.15, -0.1) is 0 Å². The van der Waals surface area contributed by atoms with E-state index in [0.29, 0.717) is 5.69 Å². The van der Waals surface area contributed by atoms with E-state index in [1.807, 2.05) is 25.1 Å². The molecular weight excluding hydrogens is 278 g/mol. The average molecular weight is 299 g/mol. The number of amides is 1. The summed E-state index contributed by atoms with van der Waals surface area (Å²) in [6.45, 7) is 3.77. The summed E-state index contributed by atoms with van der Waals surface area (Å²) in [5, 5.41) is 7.15. The number of anilines is 1. The van der Waals surface area contributed by atoms with Crippen LogP contribution in [0.4, 0.5) is 5.82 Å². The van der Waals surface area contributed by atoms with Gasteiger partial charge in [-0.2, -0.15) is 5.10 Å². The number of aryl methyl sites for hydroxylation is 2. The lowest BCUT2D eigenvalue weighted by atomic mass is 10.1. The first-order chi connectivity index (χ1) is 10.6. The van der Waals surface area contributed by atoms with E-state index in [1.165, 1.54) is 0 Å². The van der Waals surface area contributed by atoms with E-state index < -0.39 is 0 Å². The monoisotopic (exact) mass is 299 g/mol. The van der Waals surface area contributed by atoms with Crippen LogP contribution in [0.2, 0.25) is 0 Å². The summed E-state index contributed by atoms with van der Waals surface area (Å²) in [4.78, 5) is 19.1. The Hall–Kier alpha value is -2.37. The van der Waals surface area contributed by atoms with Gasteiger partial charge in [0.25, 0.3) is 5.91 Å². The molecule has 3 rings (SSSR count). The molecule has 1 amide bonds. The lowest BCUT2D eigenvalue weighted by Gasteiger charge is -2.34. The van der Waals surface area contributed by atoms with Gasteiger partial charge in [-0.05, 0) is 38.0 Å². The van der Waals surface area contributed by atoms with Crippen molar-refractivity contribution in [1.82, 2.24) is 20.1 Å². The second kappa shape index (κ2) is 6.17. The predicted octanol–water partition coefficient (Wildman–Crippen LogP) is 1.52. The van der Waals surface area contributed by atoms with Crippen molar-refractivity contribution in [3.05, 3.63) is 41.9 Å². The highest BCUT2D eigenvalue weighted by atomic mass is 16.2. The van der Waals surface area contributed by atoms with Crippen molar-refractivity contribution in [2.75, 3.05) is 18.0 Å². The van der Waals surface area contributed by atoms with Crippen LogP contribution in [0.15, 0.2) is 30.5 Å². The van der Waals surface area contributed by atoms with E-state index in [9.17, 15) is 4.79 Å². The Morgan fingerprint density at radius 1 is 1.36 bits per heavy atom. The molecule has 0 bridgehead atoms. The van der Waals surface area contributed by atoms with E-state index in [2.05, 4.69) is 20.3 Å². The van der Waals surface area contributed by atoms with Crippen LogP contribution in [-0.4, -0.2) is 39.8 Å². The number of nitrogens with one attached hydrogen (secondary N) is 1. The van der Waals surface area contributed by atoms with Gasteiger partial charge in [-0.25, -0.2) is 4.98 Å². The quantitative estimate of drug-likeness (QED) is 0.933. The highest BCUT2D eigenvalue weighted by Crippen LogP contribution is 2.18. The second-order valence-electron chi connectivity index (χ2n) is 5.74. The van der Waals surface area contributed by atoms with Crippen LogP contribution in [0.25, 0.3) is 0 Å². The molecule has 116 valence electrons. The number of rotatable bonds is 3. The molecule has 6 nitrogen and oxygen atoms in total. The molecule has 0 saturated carbocycles. The number of carbonyl (C=O) groups is 1. The largest absolute Gasteiger partial charge is 0.355 e. The Morgan fingerprint density at radius 2 is 2.23 bits per heavy atom. The summed E-state index contributed by atoms with van der Waals surface area (Å²) >= 11 is 0. The number of hydrogen-bond acceptors (Lipinski definition) is 4. The Balaban J connectivity index is 1.66. The third-order valence-electron chi connectivity index (χ3n) is 4.01. The molecule has 2 aromatic rings. The normalized spacial score (nSPS) is 18.3. The maximum Gasteiger partial charge on any atom is 0.269 e. The molecule has 1 aliphatic rings. The molecule has 22 heavy (non-hydrogen) atoms. The Morgan fingerprint density at radius 3 is 2.95 bits per heavy atom. The second-order valence-corrected chi connectivity index (χ2v) is 5.74. The fourth-order valence-corrected chi connectivity index (χ4v) is 2.86. The molecule has 1 saturated heterocycles. The van der Waals surface area contributed by atoms with Crippen LogP contribution >= 0.6 is 0 Å². The molecule has 1 aliphatic heterocycles. The number of pyridine rings is 1. The molecule has 0 aliphatic carbocycles. The molecule has 3 heterocycles. The Labute approximate surface area is 130 Å². The molecule has 1 atom stereocenters. The summed E-state index contributed by atoms with van der Waals surface area (Å²) in [7, 11) is 1.78. The van der Waals surface area contributed by atoms with Crippen molar-refractivity contribution in [3.8, 4) is 0 Å². The zero-order valence-corrected chi connectivity index (χ0v) is 13.0. The average Bonchev–Trinajstić information content (AvgIpc) is 2.94. The van der Waals surface area contributed by atoms with E-state index in [4.69, 9.17) is 0 Å². The van der Waals surface area contributed by atoms with E-state index in [-0.39, 0.29) is 11.9 Å². The first-order valence-corrected chi connectivity index (χ1v) is 7.61. The molecule has 1 N–H and O–H groups in total. The zero-order chi connectivity index (χ0) is 15.5. The molecule has 6 heteroatoms. The third-order valence-corrected chi connectivity index (χ3v) is 4.01. The summed E-state index contributed by atoms with van der Waals surface area (Å²) in [5.74, 6) is 0.920. The third kappa shape index (κ3) is 3.10. The van der Waals surface area contributed by atoms with Gasteiger partial charge in [0, 0.05) is 38.1 Å². The van der Waals surface area contributed by atoms with Crippen LogP contribution in [0, 0.1) is 6.92 Å². The predicted molar refractivity (Wildman–Crippen MR) is 84.9 cm³/mol. The molecule has 0 spiro atoms. The Bertz CT molecular complexity index is 666. The molecule has 1 fully saturated rings. The summed E-state index contributed by atoms with van der Waals surface area (Å²) in [5.41, 5.74) is 1.60. The molecule has 0 unspecified atom stereocenters. The van der Waals surface area contributed by atoms with Crippen molar-refractivity contribution in [2.24, 2.45) is 7.05 Å². The minimum atomic E-state index is -0.0657. The maximum absolute atomic E-state index is 12.3. The fraction of sp³-hybridized carbons (Fsp3) is 0.438. The summed E-state index contributed by atoms with van der Waals surface area (Å²) in [6, 6.07) is 7.92. The van der Waals surface area contributed by atoms with Gasteiger partial charge < -0.3 is 10.2 Å². The van der Waals surface area contributed by atoms with E-state index in [1.54, 1.807) is 24.0 Å². The zero-order valence-electron chi connectivity index (χ0n) is 13.0.